The minimum Gasteiger partial charge on any atom is -0.494 e. The van der Waals surface area contributed by atoms with Gasteiger partial charge in [-0.2, -0.15) is 0 Å². The SMILES string of the molecule is CCN(CC(=O)Nc1c(Cl)c(Cl)cc(Cl)c1Cl)Cc1ccc(OC)c(F)c1. The number of halogens is 5. The summed E-state index contributed by atoms with van der Waals surface area (Å²) in [6, 6.07) is 6.07. The van der Waals surface area contributed by atoms with E-state index in [2.05, 4.69) is 5.32 Å². The number of hydrogen-bond donors (Lipinski definition) is 1. The first-order valence-corrected chi connectivity index (χ1v) is 9.45. The maximum atomic E-state index is 13.8. The van der Waals surface area contributed by atoms with Gasteiger partial charge >= 0.3 is 0 Å². The highest BCUT2D eigenvalue weighted by molar-refractivity contribution is 6.50. The maximum absolute atomic E-state index is 13.8. The Hall–Kier alpha value is -1.24. The molecule has 0 aromatic heterocycles. The van der Waals surface area contributed by atoms with Crippen LogP contribution in [0, 0.1) is 5.82 Å². The Morgan fingerprint density at radius 3 is 2.30 bits per heavy atom. The molecule has 0 unspecified atom stereocenters. The molecule has 0 saturated carbocycles. The molecule has 2 aromatic rings. The van der Waals surface area contributed by atoms with Crippen molar-refractivity contribution in [2.45, 2.75) is 13.5 Å². The average Bonchev–Trinajstić information content (AvgIpc) is 2.63. The number of anilines is 1. The second-order valence-electron chi connectivity index (χ2n) is 5.66. The van der Waals surface area contributed by atoms with Crippen LogP contribution in [0.5, 0.6) is 5.75 Å². The van der Waals surface area contributed by atoms with E-state index >= 15 is 0 Å². The molecule has 9 heteroatoms. The molecule has 1 amide bonds. The molecule has 0 radical (unpaired) electrons. The average molecular weight is 454 g/mol. The van der Waals surface area contributed by atoms with E-state index in [1.165, 1.54) is 19.2 Å². The molecule has 0 bridgehead atoms. The molecule has 2 rings (SSSR count). The monoisotopic (exact) mass is 452 g/mol. The highest BCUT2D eigenvalue weighted by atomic mass is 35.5. The van der Waals surface area contributed by atoms with Crippen LogP contribution in [0.1, 0.15) is 12.5 Å². The van der Waals surface area contributed by atoms with E-state index in [0.717, 1.165) is 0 Å². The first-order chi connectivity index (χ1) is 12.8. The van der Waals surface area contributed by atoms with Gasteiger partial charge < -0.3 is 10.1 Å². The summed E-state index contributed by atoms with van der Waals surface area (Å²) in [6.07, 6.45) is 0. The predicted octanol–water partition coefficient (Wildman–Crippen LogP) is 5.91. The summed E-state index contributed by atoms with van der Waals surface area (Å²) in [6.45, 7) is 2.88. The number of hydrogen-bond acceptors (Lipinski definition) is 3. The Balaban J connectivity index is 2.09. The number of benzene rings is 2. The van der Waals surface area contributed by atoms with Gasteiger partial charge in [0.15, 0.2) is 11.6 Å². The lowest BCUT2D eigenvalue weighted by atomic mass is 10.2. The molecule has 2 aromatic carbocycles. The van der Waals surface area contributed by atoms with E-state index < -0.39 is 5.82 Å². The zero-order valence-electron chi connectivity index (χ0n) is 14.6. The highest BCUT2D eigenvalue weighted by Gasteiger charge is 2.18. The number of ether oxygens (including phenoxy) is 1. The number of amides is 1. The number of carbonyl (C=O) groups excluding carboxylic acids is 1. The summed E-state index contributed by atoms with van der Waals surface area (Å²) < 4.78 is 18.7. The van der Waals surface area contributed by atoms with Crippen molar-refractivity contribution >= 4 is 58.0 Å². The smallest absolute Gasteiger partial charge is 0.238 e. The van der Waals surface area contributed by atoms with Crippen molar-refractivity contribution < 1.29 is 13.9 Å². The first kappa shape index (κ1) is 22.1. The Kier molecular flexibility index (Phi) is 8.01. The Labute approximate surface area is 177 Å². The predicted molar refractivity (Wildman–Crippen MR) is 109 cm³/mol. The van der Waals surface area contributed by atoms with E-state index in [9.17, 15) is 9.18 Å². The number of likely N-dealkylation sites (N-methyl/N-ethyl adjacent to an activating group) is 1. The van der Waals surface area contributed by atoms with Gasteiger partial charge in [-0.1, -0.05) is 59.4 Å². The van der Waals surface area contributed by atoms with E-state index in [-0.39, 0.29) is 44.0 Å². The van der Waals surface area contributed by atoms with Crippen molar-refractivity contribution in [2.75, 3.05) is 25.5 Å². The van der Waals surface area contributed by atoms with Crippen LogP contribution in [0.25, 0.3) is 0 Å². The number of carbonyl (C=O) groups is 1. The molecular weight excluding hydrogens is 437 g/mol. The summed E-state index contributed by atoms with van der Waals surface area (Å²) in [5, 5.41) is 3.22. The van der Waals surface area contributed by atoms with Gasteiger partial charge in [0, 0.05) is 6.54 Å². The molecule has 0 aliphatic rings. The third-order valence-electron chi connectivity index (χ3n) is 3.81. The van der Waals surface area contributed by atoms with E-state index in [1.54, 1.807) is 12.1 Å². The van der Waals surface area contributed by atoms with Gasteiger partial charge in [-0.3, -0.25) is 9.69 Å². The third kappa shape index (κ3) is 5.62. The van der Waals surface area contributed by atoms with Crippen LogP contribution in [0.15, 0.2) is 24.3 Å². The molecule has 0 aliphatic carbocycles. The minimum absolute atomic E-state index is 0.0426. The van der Waals surface area contributed by atoms with E-state index in [1.807, 2.05) is 11.8 Å². The van der Waals surface area contributed by atoms with Crippen molar-refractivity contribution in [3.8, 4) is 5.75 Å². The summed E-state index contributed by atoms with van der Waals surface area (Å²) >= 11 is 24.2. The normalized spacial score (nSPS) is 11.0. The number of rotatable bonds is 7. The van der Waals surface area contributed by atoms with E-state index in [4.69, 9.17) is 51.1 Å². The minimum atomic E-state index is -0.456. The Morgan fingerprint density at radius 2 is 1.78 bits per heavy atom. The van der Waals surface area contributed by atoms with Gasteiger partial charge in [0.1, 0.15) is 0 Å². The maximum Gasteiger partial charge on any atom is 0.238 e. The fourth-order valence-electron chi connectivity index (χ4n) is 2.41. The summed E-state index contributed by atoms with van der Waals surface area (Å²) in [7, 11) is 1.40. The van der Waals surface area contributed by atoms with Crippen molar-refractivity contribution in [1.29, 1.82) is 0 Å². The van der Waals surface area contributed by atoms with Gasteiger partial charge in [-0.15, -0.1) is 0 Å². The Bertz CT molecular complexity index is 822. The van der Waals surface area contributed by atoms with Crippen LogP contribution in [-0.4, -0.2) is 31.0 Å². The van der Waals surface area contributed by atoms with Crippen LogP contribution < -0.4 is 10.1 Å². The van der Waals surface area contributed by atoms with Gasteiger partial charge in [0.2, 0.25) is 5.91 Å². The molecule has 0 spiro atoms. The molecule has 0 aliphatic heterocycles. The van der Waals surface area contributed by atoms with Crippen molar-refractivity contribution in [2.24, 2.45) is 0 Å². The second kappa shape index (κ2) is 9.80. The van der Waals surface area contributed by atoms with Crippen LogP contribution in [0.4, 0.5) is 10.1 Å². The van der Waals surface area contributed by atoms with Crippen molar-refractivity contribution in [1.82, 2.24) is 4.90 Å². The molecule has 27 heavy (non-hydrogen) atoms. The highest BCUT2D eigenvalue weighted by Crippen LogP contribution is 2.41. The fraction of sp³-hybridized carbons (Fsp3) is 0.278. The van der Waals surface area contributed by atoms with Crippen LogP contribution in [0.3, 0.4) is 0 Å². The molecule has 0 saturated heterocycles. The molecule has 0 atom stereocenters. The zero-order chi connectivity index (χ0) is 20.1. The first-order valence-electron chi connectivity index (χ1n) is 7.94. The second-order valence-corrected chi connectivity index (χ2v) is 7.23. The molecular formula is C18H17Cl4FN2O2. The summed E-state index contributed by atoms with van der Waals surface area (Å²) in [5.74, 6) is -0.641. The lowest BCUT2D eigenvalue weighted by Gasteiger charge is -2.21. The fourth-order valence-corrected chi connectivity index (χ4v) is 3.31. The van der Waals surface area contributed by atoms with Crippen molar-refractivity contribution in [3.05, 3.63) is 55.7 Å². The van der Waals surface area contributed by atoms with Crippen molar-refractivity contribution in [3.63, 3.8) is 0 Å². The molecule has 146 valence electrons. The number of methoxy groups -OCH3 is 1. The largest absolute Gasteiger partial charge is 0.494 e. The summed E-state index contributed by atoms with van der Waals surface area (Å²) in [4.78, 5) is 14.2. The number of nitrogens with zero attached hydrogens (tertiary/aromatic N) is 1. The lowest BCUT2D eigenvalue weighted by Crippen LogP contribution is -2.33. The van der Waals surface area contributed by atoms with Crippen LogP contribution in [0.2, 0.25) is 20.1 Å². The molecule has 4 nitrogen and oxygen atoms in total. The van der Waals surface area contributed by atoms with Gasteiger partial charge in [-0.05, 0) is 30.3 Å². The number of nitrogens with one attached hydrogen (secondary N) is 1. The standard InChI is InChI=1S/C18H17Cl4FN2O2/c1-3-25(8-10-4-5-14(27-2)13(23)6-10)9-15(26)24-18-16(21)11(19)7-12(20)17(18)22/h4-7H,3,8-9H2,1-2H3,(H,24,26). The van der Waals surface area contributed by atoms with Gasteiger partial charge in [-0.25, -0.2) is 4.39 Å². The van der Waals surface area contributed by atoms with Gasteiger partial charge in [0.25, 0.3) is 0 Å². The topological polar surface area (TPSA) is 41.6 Å². The van der Waals surface area contributed by atoms with Crippen LogP contribution in [-0.2, 0) is 11.3 Å². The zero-order valence-corrected chi connectivity index (χ0v) is 17.6. The molecule has 1 N–H and O–H groups in total. The summed E-state index contributed by atoms with van der Waals surface area (Å²) in [5.41, 5.74) is 0.872. The molecule has 0 fully saturated rings. The van der Waals surface area contributed by atoms with Crippen LogP contribution >= 0.6 is 46.4 Å². The lowest BCUT2D eigenvalue weighted by molar-refractivity contribution is -0.117. The third-order valence-corrected chi connectivity index (χ3v) is 5.39. The quantitative estimate of drug-likeness (QED) is 0.530. The Morgan fingerprint density at radius 1 is 1.15 bits per heavy atom. The van der Waals surface area contributed by atoms with Gasteiger partial charge in [0.05, 0.1) is 39.4 Å². The van der Waals surface area contributed by atoms with E-state index in [0.29, 0.717) is 18.7 Å². The molecule has 0 heterocycles.